The van der Waals surface area contributed by atoms with Gasteiger partial charge in [-0.15, -0.1) is 0 Å². The molecule has 1 fully saturated rings. The molecule has 6 atom stereocenters. The van der Waals surface area contributed by atoms with Crippen LogP contribution in [-0.2, 0) is 22.3 Å². The van der Waals surface area contributed by atoms with Gasteiger partial charge >= 0.3 is 0 Å². The zero-order chi connectivity index (χ0) is 25.5. The molecule has 1 heterocycles. The van der Waals surface area contributed by atoms with Crippen LogP contribution in [0.25, 0.3) is 0 Å². The first-order valence-corrected chi connectivity index (χ1v) is 11.7. The Morgan fingerprint density at radius 3 is 1.91 bits per heavy atom. The molecule has 10 heteroatoms. The van der Waals surface area contributed by atoms with Crippen LogP contribution in [0.15, 0.2) is 36.4 Å². The predicted octanol–water partition coefficient (Wildman–Crippen LogP) is 1.04. The second kappa shape index (κ2) is 12.4. The van der Waals surface area contributed by atoms with E-state index in [1.165, 1.54) is 24.3 Å². The molecule has 1 aliphatic heterocycles. The number of unbranched alkanes of at least 4 members (excludes halogenated alkanes) is 1. The summed E-state index contributed by atoms with van der Waals surface area (Å²) in [6, 6.07) is 9.20. The van der Waals surface area contributed by atoms with Crippen molar-refractivity contribution in [2.24, 2.45) is 0 Å². The van der Waals surface area contributed by atoms with Crippen LogP contribution in [0.1, 0.15) is 36.8 Å². The number of ether oxygens (including phenoxy) is 2. The van der Waals surface area contributed by atoms with Crippen molar-refractivity contribution in [1.82, 2.24) is 0 Å². The van der Waals surface area contributed by atoms with Crippen LogP contribution in [0.4, 0.5) is 0 Å². The van der Waals surface area contributed by atoms with Crippen LogP contribution in [0.2, 0.25) is 0 Å². The summed E-state index contributed by atoms with van der Waals surface area (Å²) in [5, 5.41) is 78.2. The summed E-state index contributed by atoms with van der Waals surface area (Å²) < 4.78 is 11.3. The van der Waals surface area contributed by atoms with Gasteiger partial charge in [-0.2, -0.15) is 0 Å². The standard InChI is InChI=1S/C25H34O10/c26-13-21-24(22(31)23(32)25(33)35-21)34-16(8-5-15-7-10-18(28)20(30)12-15)4-2-1-3-14-6-9-17(27)19(29)11-14/h6-7,9-12,16,21-33H,1-5,8,13H2/t16-,21?,22?,23?,24?,25?/m1/s1. The molecule has 1 saturated heterocycles. The topological polar surface area (TPSA) is 180 Å². The molecule has 0 amide bonds. The quantitative estimate of drug-likeness (QED) is 0.166. The van der Waals surface area contributed by atoms with Gasteiger partial charge in [0.15, 0.2) is 29.3 Å². The van der Waals surface area contributed by atoms with Crippen LogP contribution >= 0.6 is 0 Å². The van der Waals surface area contributed by atoms with E-state index in [2.05, 4.69) is 0 Å². The molecule has 10 nitrogen and oxygen atoms in total. The molecule has 8 N–H and O–H groups in total. The number of aliphatic hydroxyl groups is 4. The fraction of sp³-hybridized carbons (Fsp3) is 0.520. The zero-order valence-electron chi connectivity index (χ0n) is 19.3. The maximum Gasteiger partial charge on any atom is 0.184 e. The van der Waals surface area contributed by atoms with E-state index in [1.54, 1.807) is 12.1 Å². The van der Waals surface area contributed by atoms with Crippen LogP contribution in [0.5, 0.6) is 23.0 Å². The predicted molar refractivity (Wildman–Crippen MR) is 124 cm³/mol. The number of phenolic OH excluding ortho intramolecular Hbond substituents is 4. The molecule has 0 aromatic heterocycles. The van der Waals surface area contributed by atoms with Gasteiger partial charge in [0.2, 0.25) is 0 Å². The first kappa shape index (κ1) is 27.0. The molecule has 1 aliphatic rings. The molecule has 0 aliphatic carbocycles. The maximum absolute atomic E-state index is 10.4. The van der Waals surface area contributed by atoms with E-state index in [0.717, 1.165) is 17.5 Å². The van der Waals surface area contributed by atoms with Crippen molar-refractivity contribution < 1.29 is 50.3 Å². The minimum absolute atomic E-state index is 0.178. The number of hydrogen-bond acceptors (Lipinski definition) is 10. The third kappa shape index (κ3) is 7.20. The van der Waals surface area contributed by atoms with E-state index in [9.17, 15) is 40.9 Å². The van der Waals surface area contributed by atoms with Gasteiger partial charge < -0.3 is 50.3 Å². The molecule has 35 heavy (non-hydrogen) atoms. The lowest BCUT2D eigenvalue weighted by Crippen LogP contribution is -2.60. The number of benzene rings is 2. The van der Waals surface area contributed by atoms with E-state index in [0.29, 0.717) is 32.1 Å². The van der Waals surface area contributed by atoms with Gasteiger partial charge in [-0.1, -0.05) is 18.6 Å². The molecule has 3 rings (SSSR count). The first-order chi connectivity index (χ1) is 16.7. The molecule has 194 valence electrons. The first-order valence-electron chi connectivity index (χ1n) is 11.7. The maximum atomic E-state index is 10.4. The Morgan fingerprint density at radius 2 is 1.34 bits per heavy atom. The highest BCUT2D eigenvalue weighted by atomic mass is 16.7. The minimum atomic E-state index is -1.64. The summed E-state index contributed by atoms with van der Waals surface area (Å²) in [6.07, 6.45) is -3.54. The normalized spacial score (nSPS) is 25.4. The summed E-state index contributed by atoms with van der Waals surface area (Å²) >= 11 is 0. The van der Waals surface area contributed by atoms with Gasteiger partial charge in [0.1, 0.15) is 24.4 Å². The van der Waals surface area contributed by atoms with Crippen LogP contribution in [0, 0.1) is 0 Å². The second-order valence-corrected chi connectivity index (χ2v) is 8.88. The molecule has 0 radical (unpaired) electrons. The minimum Gasteiger partial charge on any atom is -0.504 e. The number of rotatable bonds is 11. The number of aryl methyl sites for hydroxylation is 2. The van der Waals surface area contributed by atoms with Gasteiger partial charge in [-0.05, 0) is 67.5 Å². The van der Waals surface area contributed by atoms with Gasteiger partial charge in [0.05, 0.1) is 12.7 Å². The van der Waals surface area contributed by atoms with Crippen molar-refractivity contribution in [1.29, 1.82) is 0 Å². The summed E-state index contributed by atoms with van der Waals surface area (Å²) in [5.41, 5.74) is 1.63. The number of aromatic hydroxyl groups is 4. The number of phenols is 4. The van der Waals surface area contributed by atoms with Crippen molar-refractivity contribution in [3.05, 3.63) is 47.5 Å². The van der Waals surface area contributed by atoms with Crippen molar-refractivity contribution in [2.75, 3.05) is 6.61 Å². The molecule has 5 unspecified atom stereocenters. The van der Waals surface area contributed by atoms with Gasteiger partial charge in [-0.3, -0.25) is 0 Å². The average molecular weight is 495 g/mol. The summed E-state index contributed by atoms with van der Waals surface area (Å²) in [6.45, 7) is -0.519. The average Bonchev–Trinajstić information content (AvgIpc) is 2.84. The van der Waals surface area contributed by atoms with Crippen molar-refractivity contribution in [3.63, 3.8) is 0 Å². The molecule has 2 aromatic rings. The summed E-state index contributed by atoms with van der Waals surface area (Å²) in [5.74, 6) is -0.808. The zero-order valence-corrected chi connectivity index (χ0v) is 19.3. The Bertz CT molecular complexity index is 950. The second-order valence-electron chi connectivity index (χ2n) is 8.88. The third-order valence-corrected chi connectivity index (χ3v) is 6.27. The Morgan fingerprint density at radius 1 is 0.743 bits per heavy atom. The lowest BCUT2D eigenvalue weighted by atomic mass is 9.97. The Kier molecular flexibility index (Phi) is 9.55. The highest BCUT2D eigenvalue weighted by Crippen LogP contribution is 2.29. The fourth-order valence-electron chi connectivity index (χ4n) is 4.22. The molecular weight excluding hydrogens is 460 g/mol. The monoisotopic (exact) mass is 494 g/mol. The van der Waals surface area contributed by atoms with Crippen LogP contribution in [-0.4, -0.2) is 84.3 Å². The fourth-order valence-corrected chi connectivity index (χ4v) is 4.22. The Hall–Kier alpha value is -2.60. The van der Waals surface area contributed by atoms with Gasteiger partial charge in [0.25, 0.3) is 0 Å². The lowest BCUT2D eigenvalue weighted by molar-refractivity contribution is -0.300. The van der Waals surface area contributed by atoms with E-state index < -0.39 is 43.4 Å². The summed E-state index contributed by atoms with van der Waals surface area (Å²) in [7, 11) is 0. The van der Waals surface area contributed by atoms with Crippen LogP contribution < -0.4 is 0 Å². The lowest BCUT2D eigenvalue weighted by Gasteiger charge is -2.41. The number of aliphatic hydroxyl groups excluding tert-OH is 4. The number of hydrogen-bond donors (Lipinski definition) is 8. The van der Waals surface area contributed by atoms with Gasteiger partial charge in [-0.25, -0.2) is 0 Å². The molecule has 2 aromatic carbocycles. The highest BCUT2D eigenvalue weighted by molar-refractivity contribution is 5.41. The van der Waals surface area contributed by atoms with E-state index in [4.69, 9.17) is 9.47 Å². The Labute approximate surface area is 203 Å². The SMILES string of the molecule is OCC1OC(O)C(O)C(O)C1O[C@H](CCCCc1ccc(O)c(O)c1)CCc1ccc(O)c(O)c1. The molecular formula is C25H34O10. The van der Waals surface area contributed by atoms with Crippen LogP contribution in [0.3, 0.4) is 0 Å². The third-order valence-electron chi connectivity index (χ3n) is 6.27. The smallest absolute Gasteiger partial charge is 0.184 e. The molecule has 0 spiro atoms. The van der Waals surface area contributed by atoms with Crippen molar-refractivity contribution in [3.8, 4) is 23.0 Å². The van der Waals surface area contributed by atoms with E-state index in [1.807, 2.05) is 0 Å². The largest absolute Gasteiger partial charge is 0.504 e. The van der Waals surface area contributed by atoms with Crippen molar-refractivity contribution in [2.45, 2.75) is 75.3 Å². The van der Waals surface area contributed by atoms with E-state index in [-0.39, 0.29) is 23.0 Å². The van der Waals surface area contributed by atoms with Crippen molar-refractivity contribution >= 4 is 0 Å². The molecule has 0 bridgehead atoms. The van der Waals surface area contributed by atoms with E-state index >= 15 is 0 Å². The Balaban J connectivity index is 1.64. The molecule has 0 saturated carbocycles. The highest BCUT2D eigenvalue weighted by Gasteiger charge is 2.45. The summed E-state index contributed by atoms with van der Waals surface area (Å²) in [4.78, 5) is 0. The van der Waals surface area contributed by atoms with Gasteiger partial charge in [0, 0.05) is 0 Å².